The highest BCUT2D eigenvalue weighted by Gasteiger charge is 2.07. The molecule has 0 radical (unpaired) electrons. The van der Waals surface area contributed by atoms with Crippen molar-refractivity contribution in [3.63, 3.8) is 0 Å². The Labute approximate surface area is 88.7 Å². The van der Waals surface area contributed by atoms with E-state index >= 15 is 0 Å². The Kier molecular flexibility index (Phi) is 2.69. The topological polar surface area (TPSA) is 26.0 Å². The highest BCUT2D eigenvalue weighted by Crippen LogP contribution is 2.21. The standard InChI is InChI=1S/C13H14FN/c1-9(15)8-11-7-6-10-4-2-3-5-12(10)13(11)14/h2-7,9H,8,15H2,1H3. The average Bonchev–Trinajstić information content (AvgIpc) is 2.22. The van der Waals surface area contributed by atoms with E-state index in [-0.39, 0.29) is 11.9 Å². The third kappa shape index (κ3) is 2.00. The fraction of sp³-hybridized carbons (Fsp3) is 0.231. The molecule has 0 aliphatic rings. The molecule has 0 aliphatic heterocycles. The summed E-state index contributed by atoms with van der Waals surface area (Å²) in [6, 6.07) is 11.2. The Hall–Kier alpha value is -1.41. The van der Waals surface area contributed by atoms with E-state index in [0.717, 1.165) is 5.39 Å². The van der Waals surface area contributed by atoms with Crippen LogP contribution in [0.25, 0.3) is 10.8 Å². The molecule has 0 saturated carbocycles. The van der Waals surface area contributed by atoms with Gasteiger partial charge in [-0.3, -0.25) is 0 Å². The number of rotatable bonds is 2. The first-order valence-electron chi connectivity index (χ1n) is 5.10. The van der Waals surface area contributed by atoms with Crippen molar-refractivity contribution in [1.29, 1.82) is 0 Å². The normalized spacial score (nSPS) is 13.0. The van der Waals surface area contributed by atoms with E-state index in [0.29, 0.717) is 17.4 Å². The van der Waals surface area contributed by atoms with Gasteiger partial charge < -0.3 is 5.73 Å². The molecular formula is C13H14FN. The SMILES string of the molecule is CC(N)Cc1ccc2ccccc2c1F. The van der Waals surface area contributed by atoms with Crippen LogP contribution in [0.4, 0.5) is 4.39 Å². The summed E-state index contributed by atoms with van der Waals surface area (Å²) in [4.78, 5) is 0. The molecule has 2 heteroatoms. The minimum absolute atomic E-state index is 0.0133. The van der Waals surface area contributed by atoms with Crippen LogP contribution in [0.2, 0.25) is 0 Å². The van der Waals surface area contributed by atoms with E-state index in [9.17, 15) is 4.39 Å². The lowest BCUT2D eigenvalue weighted by atomic mass is 10.0. The molecule has 15 heavy (non-hydrogen) atoms. The van der Waals surface area contributed by atoms with Gasteiger partial charge in [0.25, 0.3) is 0 Å². The summed E-state index contributed by atoms with van der Waals surface area (Å²) >= 11 is 0. The Balaban J connectivity index is 2.55. The minimum atomic E-state index is -0.134. The van der Waals surface area contributed by atoms with Crippen LogP contribution in [-0.4, -0.2) is 6.04 Å². The van der Waals surface area contributed by atoms with Gasteiger partial charge in [0.2, 0.25) is 0 Å². The highest BCUT2D eigenvalue weighted by molar-refractivity contribution is 5.83. The van der Waals surface area contributed by atoms with E-state index in [1.807, 2.05) is 37.3 Å². The van der Waals surface area contributed by atoms with Gasteiger partial charge in [0.1, 0.15) is 5.82 Å². The van der Waals surface area contributed by atoms with E-state index in [2.05, 4.69) is 0 Å². The van der Waals surface area contributed by atoms with Crippen molar-refractivity contribution >= 4 is 10.8 Å². The summed E-state index contributed by atoms with van der Waals surface area (Å²) in [5.74, 6) is -0.134. The van der Waals surface area contributed by atoms with Crippen LogP contribution in [0.5, 0.6) is 0 Å². The number of nitrogens with two attached hydrogens (primary N) is 1. The molecule has 1 atom stereocenters. The molecule has 0 fully saturated rings. The van der Waals surface area contributed by atoms with Crippen LogP contribution < -0.4 is 5.73 Å². The average molecular weight is 203 g/mol. The molecule has 0 saturated heterocycles. The Morgan fingerprint density at radius 3 is 2.67 bits per heavy atom. The number of hydrogen-bond donors (Lipinski definition) is 1. The van der Waals surface area contributed by atoms with Crippen molar-refractivity contribution in [1.82, 2.24) is 0 Å². The zero-order valence-corrected chi connectivity index (χ0v) is 8.70. The van der Waals surface area contributed by atoms with Crippen LogP contribution in [-0.2, 0) is 6.42 Å². The third-order valence-corrected chi connectivity index (χ3v) is 2.49. The molecule has 0 aliphatic carbocycles. The lowest BCUT2D eigenvalue weighted by Crippen LogP contribution is -2.18. The number of halogens is 1. The highest BCUT2D eigenvalue weighted by atomic mass is 19.1. The van der Waals surface area contributed by atoms with Gasteiger partial charge in [-0.2, -0.15) is 0 Å². The lowest BCUT2D eigenvalue weighted by molar-refractivity contribution is 0.607. The number of benzene rings is 2. The van der Waals surface area contributed by atoms with Crippen molar-refractivity contribution in [2.75, 3.05) is 0 Å². The molecule has 2 aromatic carbocycles. The lowest BCUT2D eigenvalue weighted by Gasteiger charge is -2.08. The second-order valence-electron chi connectivity index (χ2n) is 3.94. The number of fused-ring (bicyclic) bond motifs is 1. The summed E-state index contributed by atoms with van der Waals surface area (Å²) in [5, 5.41) is 1.61. The summed E-state index contributed by atoms with van der Waals surface area (Å²) in [6.07, 6.45) is 0.580. The summed E-state index contributed by atoms with van der Waals surface area (Å²) in [5.41, 5.74) is 6.37. The molecular weight excluding hydrogens is 189 g/mol. The van der Waals surface area contributed by atoms with Crippen LogP contribution in [0.3, 0.4) is 0 Å². The van der Waals surface area contributed by atoms with Gasteiger partial charge in [-0.15, -0.1) is 0 Å². The van der Waals surface area contributed by atoms with Crippen molar-refractivity contribution in [3.05, 3.63) is 47.8 Å². The molecule has 0 amide bonds. The summed E-state index contributed by atoms with van der Waals surface area (Å²) in [6.45, 7) is 1.88. The van der Waals surface area contributed by atoms with E-state index in [4.69, 9.17) is 5.73 Å². The predicted molar refractivity (Wildman–Crippen MR) is 61.3 cm³/mol. The van der Waals surface area contributed by atoms with Crippen molar-refractivity contribution in [2.24, 2.45) is 5.73 Å². The fourth-order valence-corrected chi connectivity index (χ4v) is 1.78. The molecule has 1 nitrogen and oxygen atoms in total. The van der Waals surface area contributed by atoms with E-state index < -0.39 is 0 Å². The zero-order valence-electron chi connectivity index (χ0n) is 8.70. The van der Waals surface area contributed by atoms with Gasteiger partial charge >= 0.3 is 0 Å². The molecule has 0 aromatic heterocycles. The molecule has 0 spiro atoms. The van der Waals surface area contributed by atoms with Gasteiger partial charge in [-0.05, 0) is 24.3 Å². The first kappa shape index (κ1) is 10.1. The van der Waals surface area contributed by atoms with Crippen molar-refractivity contribution < 1.29 is 4.39 Å². The maximum absolute atomic E-state index is 14.0. The van der Waals surface area contributed by atoms with Crippen molar-refractivity contribution in [2.45, 2.75) is 19.4 Å². The molecule has 0 heterocycles. The van der Waals surface area contributed by atoms with Crippen molar-refractivity contribution in [3.8, 4) is 0 Å². The maximum atomic E-state index is 14.0. The first-order chi connectivity index (χ1) is 7.18. The van der Waals surface area contributed by atoms with E-state index in [1.165, 1.54) is 0 Å². The second kappa shape index (κ2) is 3.99. The monoisotopic (exact) mass is 203 g/mol. The van der Waals surface area contributed by atoms with Gasteiger partial charge in [-0.25, -0.2) is 4.39 Å². The minimum Gasteiger partial charge on any atom is -0.328 e. The molecule has 78 valence electrons. The van der Waals surface area contributed by atoms with Gasteiger partial charge in [-0.1, -0.05) is 36.4 Å². The second-order valence-corrected chi connectivity index (χ2v) is 3.94. The molecule has 1 unspecified atom stereocenters. The van der Waals surface area contributed by atoms with Crippen LogP contribution in [0.15, 0.2) is 36.4 Å². The quantitative estimate of drug-likeness (QED) is 0.798. The molecule has 2 rings (SSSR count). The molecule has 0 bridgehead atoms. The fourth-order valence-electron chi connectivity index (χ4n) is 1.78. The van der Waals surface area contributed by atoms with Crippen LogP contribution >= 0.6 is 0 Å². The third-order valence-electron chi connectivity index (χ3n) is 2.49. The van der Waals surface area contributed by atoms with Crippen LogP contribution in [0.1, 0.15) is 12.5 Å². The largest absolute Gasteiger partial charge is 0.328 e. The van der Waals surface area contributed by atoms with Gasteiger partial charge in [0.05, 0.1) is 0 Å². The maximum Gasteiger partial charge on any atom is 0.134 e. The first-order valence-corrected chi connectivity index (χ1v) is 5.10. The van der Waals surface area contributed by atoms with Crippen LogP contribution in [0, 0.1) is 5.82 Å². The number of hydrogen-bond acceptors (Lipinski definition) is 1. The summed E-state index contributed by atoms with van der Waals surface area (Å²) in [7, 11) is 0. The van der Waals surface area contributed by atoms with Gasteiger partial charge in [0.15, 0.2) is 0 Å². The molecule has 2 N–H and O–H groups in total. The summed E-state index contributed by atoms with van der Waals surface area (Å²) < 4.78 is 14.0. The van der Waals surface area contributed by atoms with E-state index in [1.54, 1.807) is 6.07 Å². The smallest absolute Gasteiger partial charge is 0.134 e. The Morgan fingerprint density at radius 2 is 1.93 bits per heavy atom. The zero-order chi connectivity index (χ0) is 10.8. The molecule has 2 aromatic rings. The Bertz CT molecular complexity index is 477. The van der Waals surface area contributed by atoms with Gasteiger partial charge in [0, 0.05) is 11.4 Å². The Morgan fingerprint density at radius 1 is 1.20 bits per heavy atom. The predicted octanol–water partition coefficient (Wildman–Crippen LogP) is 2.87.